The maximum absolute atomic E-state index is 5.70. The lowest BCUT2D eigenvalue weighted by Gasteiger charge is -2.22. The van der Waals surface area contributed by atoms with Gasteiger partial charge in [0.05, 0.1) is 19.4 Å². The fourth-order valence-electron chi connectivity index (χ4n) is 3.50. The van der Waals surface area contributed by atoms with Crippen molar-refractivity contribution in [3.8, 4) is 11.5 Å². The lowest BCUT2D eigenvalue weighted by molar-refractivity contribution is 0.336. The summed E-state index contributed by atoms with van der Waals surface area (Å²) in [5.74, 6) is 2.63. The maximum atomic E-state index is 5.70. The molecule has 2 aromatic rings. The fraction of sp³-hybridized carbons (Fsp3) is 0.409. The van der Waals surface area contributed by atoms with Crippen molar-refractivity contribution in [2.75, 3.05) is 38.8 Å². The van der Waals surface area contributed by atoms with Crippen LogP contribution in [0.4, 0.5) is 5.69 Å². The Hall–Kier alpha value is -2.16. The molecule has 1 unspecified atom stereocenters. The molecule has 1 saturated heterocycles. The summed E-state index contributed by atoms with van der Waals surface area (Å²) in [6, 6.07) is 16.6. The van der Waals surface area contributed by atoms with Crippen LogP contribution in [-0.2, 0) is 6.54 Å². The van der Waals surface area contributed by atoms with Crippen LogP contribution >= 0.6 is 24.0 Å². The van der Waals surface area contributed by atoms with Gasteiger partial charge in [0.25, 0.3) is 0 Å². The SMILES string of the molecule is CCOc1ccccc1CNC(=NC)NC1CCN(c2ccccc2OC)C1.I. The summed E-state index contributed by atoms with van der Waals surface area (Å²) in [5.41, 5.74) is 2.26. The first kappa shape index (κ1) is 23.1. The highest BCUT2D eigenvalue weighted by molar-refractivity contribution is 14.0. The Morgan fingerprint density at radius 2 is 1.86 bits per heavy atom. The van der Waals surface area contributed by atoms with Crippen LogP contribution in [0.2, 0.25) is 0 Å². The summed E-state index contributed by atoms with van der Waals surface area (Å²) in [5, 5.41) is 6.94. The summed E-state index contributed by atoms with van der Waals surface area (Å²) < 4.78 is 11.2. The van der Waals surface area contributed by atoms with Gasteiger partial charge >= 0.3 is 0 Å². The lowest BCUT2D eigenvalue weighted by atomic mass is 10.2. The minimum Gasteiger partial charge on any atom is -0.495 e. The van der Waals surface area contributed by atoms with Crippen LogP contribution in [0.3, 0.4) is 0 Å². The molecule has 29 heavy (non-hydrogen) atoms. The molecular weight excluding hydrogens is 479 g/mol. The summed E-state index contributed by atoms with van der Waals surface area (Å²) in [6.07, 6.45) is 1.05. The maximum Gasteiger partial charge on any atom is 0.191 e. The Morgan fingerprint density at radius 1 is 1.14 bits per heavy atom. The first-order valence-electron chi connectivity index (χ1n) is 9.81. The van der Waals surface area contributed by atoms with Crippen molar-refractivity contribution in [3.63, 3.8) is 0 Å². The molecule has 0 aromatic heterocycles. The predicted molar refractivity (Wildman–Crippen MR) is 130 cm³/mol. The number of ether oxygens (including phenoxy) is 2. The van der Waals surface area contributed by atoms with Crippen molar-refractivity contribution in [2.24, 2.45) is 4.99 Å². The smallest absolute Gasteiger partial charge is 0.191 e. The van der Waals surface area contributed by atoms with E-state index < -0.39 is 0 Å². The zero-order valence-corrected chi connectivity index (χ0v) is 19.7. The van der Waals surface area contributed by atoms with Crippen LogP contribution in [0.25, 0.3) is 0 Å². The van der Waals surface area contributed by atoms with E-state index >= 15 is 0 Å². The van der Waals surface area contributed by atoms with Gasteiger partial charge in [-0.3, -0.25) is 4.99 Å². The molecule has 2 aromatic carbocycles. The standard InChI is InChI=1S/C22H30N4O2.HI/c1-4-28-20-11-7-5-9-17(20)15-24-22(23-2)25-18-13-14-26(16-18)19-10-6-8-12-21(19)27-3;/h5-12,18H,4,13-16H2,1-3H3,(H2,23,24,25);1H. The number of nitrogens with zero attached hydrogens (tertiary/aromatic N) is 2. The molecule has 0 radical (unpaired) electrons. The van der Waals surface area contributed by atoms with Crippen LogP contribution in [-0.4, -0.2) is 45.9 Å². The molecule has 0 amide bonds. The fourth-order valence-corrected chi connectivity index (χ4v) is 3.50. The third-order valence-electron chi connectivity index (χ3n) is 4.90. The van der Waals surface area contributed by atoms with E-state index in [0.717, 1.165) is 48.2 Å². The Kier molecular flexibility index (Phi) is 9.37. The second-order valence-corrected chi connectivity index (χ2v) is 6.71. The molecule has 1 aliphatic heterocycles. The number of halogens is 1. The normalized spacial score (nSPS) is 16.2. The van der Waals surface area contributed by atoms with E-state index in [0.29, 0.717) is 19.2 Å². The molecule has 1 aliphatic rings. The second kappa shape index (κ2) is 11.7. The van der Waals surface area contributed by atoms with Crippen molar-refractivity contribution >= 4 is 35.6 Å². The number of para-hydroxylation sites is 3. The van der Waals surface area contributed by atoms with Gasteiger partial charge in [0.15, 0.2) is 5.96 Å². The highest BCUT2D eigenvalue weighted by Gasteiger charge is 2.25. The molecule has 1 atom stereocenters. The predicted octanol–water partition coefficient (Wildman–Crippen LogP) is 3.66. The largest absolute Gasteiger partial charge is 0.495 e. The van der Waals surface area contributed by atoms with Crippen molar-refractivity contribution in [3.05, 3.63) is 54.1 Å². The molecule has 158 valence electrons. The van der Waals surface area contributed by atoms with Crippen molar-refractivity contribution in [1.29, 1.82) is 0 Å². The minimum absolute atomic E-state index is 0. The molecule has 1 fully saturated rings. The zero-order valence-electron chi connectivity index (χ0n) is 17.4. The number of methoxy groups -OCH3 is 1. The molecule has 6 nitrogen and oxygen atoms in total. The second-order valence-electron chi connectivity index (χ2n) is 6.71. The van der Waals surface area contributed by atoms with E-state index in [1.807, 2.05) is 37.3 Å². The number of rotatable bonds is 7. The summed E-state index contributed by atoms with van der Waals surface area (Å²) in [7, 11) is 3.52. The van der Waals surface area contributed by atoms with E-state index in [-0.39, 0.29) is 24.0 Å². The number of benzene rings is 2. The van der Waals surface area contributed by atoms with Gasteiger partial charge in [-0.2, -0.15) is 0 Å². The quantitative estimate of drug-likeness (QED) is 0.339. The molecule has 1 heterocycles. The van der Waals surface area contributed by atoms with Crippen LogP contribution in [0, 0.1) is 0 Å². The van der Waals surface area contributed by atoms with Crippen molar-refractivity contribution in [2.45, 2.75) is 25.9 Å². The van der Waals surface area contributed by atoms with Gasteiger partial charge in [0.2, 0.25) is 0 Å². The Balaban J connectivity index is 0.00000300. The molecule has 3 rings (SSSR count). The van der Waals surface area contributed by atoms with Crippen LogP contribution in [0.15, 0.2) is 53.5 Å². The topological polar surface area (TPSA) is 58.1 Å². The number of aliphatic imine (C=N–C) groups is 1. The first-order chi connectivity index (χ1) is 13.7. The van der Waals surface area contributed by atoms with E-state index in [2.05, 4.69) is 38.7 Å². The molecule has 2 N–H and O–H groups in total. The number of nitrogens with one attached hydrogen (secondary N) is 2. The van der Waals surface area contributed by atoms with Gasteiger partial charge in [-0.05, 0) is 31.5 Å². The average Bonchev–Trinajstić information content (AvgIpc) is 3.20. The van der Waals surface area contributed by atoms with Crippen LogP contribution in [0.5, 0.6) is 11.5 Å². The Morgan fingerprint density at radius 3 is 2.59 bits per heavy atom. The van der Waals surface area contributed by atoms with E-state index in [9.17, 15) is 0 Å². The Bertz CT molecular complexity index is 800. The first-order valence-corrected chi connectivity index (χ1v) is 9.81. The molecule has 0 saturated carbocycles. The average molecular weight is 510 g/mol. The third-order valence-corrected chi connectivity index (χ3v) is 4.90. The molecular formula is C22H31IN4O2. The van der Waals surface area contributed by atoms with Gasteiger partial charge in [0, 0.05) is 38.3 Å². The number of anilines is 1. The van der Waals surface area contributed by atoms with Gasteiger partial charge in [0.1, 0.15) is 11.5 Å². The lowest BCUT2D eigenvalue weighted by Crippen LogP contribution is -2.44. The van der Waals surface area contributed by atoms with E-state index in [1.165, 1.54) is 0 Å². The Labute approximate surface area is 190 Å². The number of hydrogen-bond donors (Lipinski definition) is 2. The molecule has 7 heteroatoms. The van der Waals surface area contributed by atoms with Gasteiger partial charge in [-0.25, -0.2) is 0 Å². The minimum atomic E-state index is 0. The van der Waals surface area contributed by atoms with Crippen molar-refractivity contribution in [1.82, 2.24) is 10.6 Å². The van der Waals surface area contributed by atoms with Gasteiger partial charge < -0.3 is 25.0 Å². The number of hydrogen-bond acceptors (Lipinski definition) is 4. The zero-order chi connectivity index (χ0) is 19.8. The van der Waals surface area contributed by atoms with Crippen LogP contribution in [0.1, 0.15) is 18.9 Å². The third kappa shape index (κ3) is 6.16. The summed E-state index contributed by atoms with van der Waals surface area (Å²) in [4.78, 5) is 6.74. The summed E-state index contributed by atoms with van der Waals surface area (Å²) in [6.45, 7) is 5.22. The highest BCUT2D eigenvalue weighted by Crippen LogP contribution is 2.30. The highest BCUT2D eigenvalue weighted by atomic mass is 127. The van der Waals surface area contributed by atoms with Gasteiger partial charge in [-0.15, -0.1) is 24.0 Å². The van der Waals surface area contributed by atoms with Crippen LogP contribution < -0.4 is 25.0 Å². The van der Waals surface area contributed by atoms with Crippen molar-refractivity contribution < 1.29 is 9.47 Å². The number of guanidine groups is 1. The monoisotopic (exact) mass is 510 g/mol. The molecule has 0 aliphatic carbocycles. The molecule has 0 bridgehead atoms. The van der Waals surface area contributed by atoms with E-state index in [4.69, 9.17) is 9.47 Å². The molecule has 0 spiro atoms. The summed E-state index contributed by atoms with van der Waals surface area (Å²) >= 11 is 0. The van der Waals surface area contributed by atoms with Gasteiger partial charge in [-0.1, -0.05) is 30.3 Å². The van der Waals surface area contributed by atoms with E-state index in [1.54, 1.807) is 14.2 Å².